The fraction of sp³-hybridized carbons (Fsp3) is 0.353. The first-order valence-electron chi connectivity index (χ1n) is 14.5. The van der Waals surface area contributed by atoms with Crippen LogP contribution in [0, 0.1) is 28.4 Å². The summed E-state index contributed by atoms with van der Waals surface area (Å²) in [6, 6.07) is 12.3. The van der Waals surface area contributed by atoms with Crippen LogP contribution in [-0.4, -0.2) is 50.8 Å². The average molecular weight is 689 g/mol. The van der Waals surface area contributed by atoms with Crippen molar-refractivity contribution < 1.29 is 37.4 Å². The summed E-state index contributed by atoms with van der Waals surface area (Å²) in [5.74, 6) is -5.14. The van der Waals surface area contributed by atoms with Gasteiger partial charge < -0.3 is 24.8 Å². The molecular formula is C34H33Cl2F2N3O6. The Morgan fingerprint density at radius 3 is 2.40 bits per heavy atom. The molecule has 1 heterocycles. The van der Waals surface area contributed by atoms with Crippen LogP contribution in [0.5, 0.6) is 5.75 Å². The first-order valence-corrected chi connectivity index (χ1v) is 15.2. The molecule has 0 saturated carbocycles. The quantitative estimate of drug-likeness (QED) is 0.242. The molecule has 9 nitrogen and oxygen atoms in total. The lowest BCUT2D eigenvalue weighted by molar-refractivity contribution is -0.144. The predicted molar refractivity (Wildman–Crippen MR) is 172 cm³/mol. The molecule has 248 valence electrons. The number of carbonyl (C=O) groups excluding carboxylic acids is 3. The molecule has 0 bridgehead atoms. The SMILES string of the molecule is COC(=O)COC(=O)c1ccc(NC(=O)[C@@H]2N[C@@H](CC(C)(C)C)[C@](C#N)(c3ccc(Cl)cc3F)[C@H]2c2cccc(Cl)c2F)c(OC)c1. The molecule has 0 spiro atoms. The molecule has 4 rings (SSSR count). The Hall–Kier alpha value is -4.24. The van der Waals surface area contributed by atoms with Gasteiger partial charge in [0.2, 0.25) is 5.91 Å². The van der Waals surface area contributed by atoms with E-state index in [1.54, 1.807) is 0 Å². The third-order valence-corrected chi connectivity index (χ3v) is 8.50. The lowest BCUT2D eigenvalue weighted by atomic mass is 9.62. The van der Waals surface area contributed by atoms with E-state index in [4.69, 9.17) is 32.7 Å². The number of nitriles is 1. The lowest BCUT2D eigenvalue weighted by Gasteiger charge is -2.37. The van der Waals surface area contributed by atoms with E-state index in [2.05, 4.69) is 21.4 Å². The van der Waals surface area contributed by atoms with E-state index in [-0.39, 0.29) is 44.6 Å². The minimum atomic E-state index is -1.81. The monoisotopic (exact) mass is 687 g/mol. The summed E-state index contributed by atoms with van der Waals surface area (Å²) < 4.78 is 46.6. The zero-order valence-electron chi connectivity index (χ0n) is 26.3. The maximum absolute atomic E-state index is 15.9. The normalized spacial score (nSPS) is 20.6. The Bertz CT molecular complexity index is 1740. The number of methoxy groups -OCH3 is 2. The van der Waals surface area contributed by atoms with Crippen molar-refractivity contribution in [2.24, 2.45) is 5.41 Å². The second kappa shape index (κ2) is 14.3. The van der Waals surface area contributed by atoms with Gasteiger partial charge in [-0.25, -0.2) is 18.4 Å². The number of esters is 2. The van der Waals surface area contributed by atoms with Crippen molar-refractivity contribution in [2.45, 2.75) is 50.6 Å². The smallest absolute Gasteiger partial charge is 0.344 e. The number of amides is 1. The van der Waals surface area contributed by atoms with E-state index in [1.807, 2.05) is 20.8 Å². The first kappa shape index (κ1) is 35.6. The van der Waals surface area contributed by atoms with Crippen LogP contribution in [0.1, 0.15) is 54.6 Å². The van der Waals surface area contributed by atoms with Crippen LogP contribution in [0.25, 0.3) is 0 Å². The Balaban J connectivity index is 1.83. The third kappa shape index (κ3) is 7.35. The summed E-state index contributed by atoms with van der Waals surface area (Å²) in [4.78, 5) is 38.1. The van der Waals surface area contributed by atoms with E-state index >= 15 is 8.78 Å². The Kier molecular flexibility index (Phi) is 10.8. The minimum Gasteiger partial charge on any atom is -0.495 e. The summed E-state index contributed by atoms with van der Waals surface area (Å²) in [5.41, 5.74) is -2.20. The number of benzene rings is 3. The van der Waals surface area contributed by atoms with Crippen LogP contribution in [0.4, 0.5) is 14.5 Å². The highest BCUT2D eigenvalue weighted by Gasteiger charge is 2.61. The van der Waals surface area contributed by atoms with Gasteiger partial charge in [-0.2, -0.15) is 5.26 Å². The van der Waals surface area contributed by atoms with E-state index in [0.717, 1.165) is 13.2 Å². The summed E-state index contributed by atoms with van der Waals surface area (Å²) in [6.07, 6.45) is 0.288. The minimum absolute atomic E-state index is 0.0218. The number of hydrogen-bond donors (Lipinski definition) is 2. The highest BCUT2D eigenvalue weighted by molar-refractivity contribution is 6.31. The van der Waals surface area contributed by atoms with Crippen molar-refractivity contribution in [1.29, 1.82) is 5.26 Å². The molecule has 0 unspecified atom stereocenters. The highest BCUT2D eigenvalue weighted by atomic mass is 35.5. The van der Waals surface area contributed by atoms with Crippen LogP contribution in [0.2, 0.25) is 10.0 Å². The Morgan fingerprint density at radius 2 is 1.79 bits per heavy atom. The topological polar surface area (TPSA) is 127 Å². The molecule has 0 aliphatic carbocycles. The van der Waals surface area contributed by atoms with Gasteiger partial charge in [-0.05, 0) is 53.8 Å². The number of nitrogens with zero attached hydrogens (tertiary/aromatic N) is 1. The number of hydrogen-bond acceptors (Lipinski definition) is 8. The molecular weight excluding hydrogens is 655 g/mol. The molecule has 1 aliphatic heterocycles. The molecule has 47 heavy (non-hydrogen) atoms. The molecule has 1 aliphatic rings. The fourth-order valence-corrected chi connectivity index (χ4v) is 6.30. The summed E-state index contributed by atoms with van der Waals surface area (Å²) >= 11 is 12.3. The summed E-state index contributed by atoms with van der Waals surface area (Å²) in [7, 11) is 2.47. The van der Waals surface area contributed by atoms with Gasteiger partial charge in [0.15, 0.2) is 6.61 Å². The molecule has 0 aromatic heterocycles. The van der Waals surface area contributed by atoms with Gasteiger partial charge in [-0.15, -0.1) is 0 Å². The van der Waals surface area contributed by atoms with Gasteiger partial charge in [0, 0.05) is 22.5 Å². The second-order valence-electron chi connectivity index (χ2n) is 12.2. The highest BCUT2D eigenvalue weighted by Crippen LogP contribution is 2.53. The Morgan fingerprint density at radius 1 is 1.06 bits per heavy atom. The molecule has 1 amide bonds. The zero-order chi connectivity index (χ0) is 34.7. The van der Waals surface area contributed by atoms with E-state index in [0.29, 0.717) is 0 Å². The number of halogens is 4. The van der Waals surface area contributed by atoms with Crippen molar-refractivity contribution in [1.82, 2.24) is 5.32 Å². The molecule has 3 aromatic carbocycles. The largest absolute Gasteiger partial charge is 0.495 e. The molecule has 4 atom stereocenters. The van der Waals surface area contributed by atoms with Gasteiger partial charge >= 0.3 is 11.9 Å². The maximum Gasteiger partial charge on any atom is 0.344 e. The van der Waals surface area contributed by atoms with Crippen LogP contribution in [0.15, 0.2) is 54.6 Å². The molecule has 3 aromatic rings. The fourth-order valence-electron chi connectivity index (χ4n) is 5.96. The lowest BCUT2D eigenvalue weighted by Crippen LogP contribution is -2.45. The van der Waals surface area contributed by atoms with E-state index < -0.39 is 64.9 Å². The van der Waals surface area contributed by atoms with Crippen LogP contribution < -0.4 is 15.4 Å². The number of ether oxygens (including phenoxy) is 3. The number of carbonyl (C=O) groups is 3. The van der Waals surface area contributed by atoms with E-state index in [1.165, 1.54) is 55.6 Å². The van der Waals surface area contributed by atoms with Crippen LogP contribution >= 0.6 is 23.2 Å². The maximum atomic E-state index is 15.9. The van der Waals surface area contributed by atoms with Crippen molar-refractivity contribution in [2.75, 3.05) is 26.1 Å². The van der Waals surface area contributed by atoms with Gasteiger partial charge in [0.25, 0.3) is 0 Å². The first-order chi connectivity index (χ1) is 22.2. The van der Waals surface area contributed by atoms with Gasteiger partial charge in [-0.1, -0.05) is 62.2 Å². The van der Waals surface area contributed by atoms with Crippen molar-refractivity contribution in [3.8, 4) is 11.8 Å². The second-order valence-corrected chi connectivity index (χ2v) is 13.1. The van der Waals surface area contributed by atoms with Crippen LogP contribution in [0.3, 0.4) is 0 Å². The van der Waals surface area contributed by atoms with Gasteiger partial charge in [-0.3, -0.25) is 4.79 Å². The van der Waals surface area contributed by atoms with Crippen molar-refractivity contribution >= 4 is 46.7 Å². The standard InChI is InChI=1S/C34H33Cl2F2N3O6/c1-33(2,3)15-26-34(17-39,21-11-10-19(35)14-23(21)37)28(20-7-6-8-22(36)29(20)38)30(41-26)31(43)40-24-12-9-18(13-25(24)45-4)32(44)47-16-27(42)46-5/h6-14,26,28,30,41H,15-16H2,1-5H3,(H,40,43)/t26-,28-,30+,34-/m0/s1. The number of anilines is 1. The van der Waals surface area contributed by atoms with Crippen LogP contribution in [-0.2, 0) is 24.5 Å². The molecule has 13 heteroatoms. The number of nitrogens with one attached hydrogen (secondary N) is 2. The van der Waals surface area contributed by atoms with Gasteiger partial charge in [0.1, 0.15) is 22.8 Å². The van der Waals surface area contributed by atoms with Gasteiger partial charge in [0.05, 0.1) is 42.6 Å². The molecule has 0 radical (unpaired) electrons. The molecule has 2 N–H and O–H groups in total. The van der Waals surface area contributed by atoms with Crippen molar-refractivity contribution in [3.05, 3.63) is 93.0 Å². The zero-order valence-corrected chi connectivity index (χ0v) is 27.8. The third-order valence-electron chi connectivity index (χ3n) is 7.98. The predicted octanol–water partition coefficient (Wildman–Crippen LogP) is 6.57. The van der Waals surface area contributed by atoms with Crippen molar-refractivity contribution in [3.63, 3.8) is 0 Å². The van der Waals surface area contributed by atoms with E-state index in [9.17, 15) is 19.6 Å². The molecule has 1 fully saturated rings. The molecule has 1 saturated heterocycles. The Labute approximate surface area is 281 Å². The summed E-state index contributed by atoms with van der Waals surface area (Å²) in [6.45, 7) is 5.19. The number of rotatable bonds is 9. The summed E-state index contributed by atoms with van der Waals surface area (Å²) in [5, 5.41) is 16.9. The average Bonchev–Trinajstić information content (AvgIpc) is 3.33.